The van der Waals surface area contributed by atoms with Gasteiger partial charge in [-0.05, 0) is 74.2 Å². The molecule has 1 N–H and O–H groups in total. The molecule has 10 heteroatoms. The van der Waals surface area contributed by atoms with Gasteiger partial charge in [-0.2, -0.15) is 0 Å². The van der Waals surface area contributed by atoms with Gasteiger partial charge in [0, 0.05) is 23.1 Å². The van der Waals surface area contributed by atoms with Gasteiger partial charge in [0.05, 0.1) is 10.6 Å². The third kappa shape index (κ3) is 7.12. The van der Waals surface area contributed by atoms with Crippen molar-refractivity contribution < 1.29 is 18.0 Å². The van der Waals surface area contributed by atoms with Crippen LogP contribution in [0, 0.1) is 13.8 Å². The lowest BCUT2D eigenvalue weighted by atomic mass is 10.1. The molecule has 0 saturated carbocycles. The van der Waals surface area contributed by atoms with Crippen LogP contribution in [0.5, 0.6) is 0 Å². The summed E-state index contributed by atoms with van der Waals surface area (Å²) in [6.45, 7) is 7.16. The van der Waals surface area contributed by atoms with E-state index in [-0.39, 0.29) is 17.3 Å². The number of aryl methyl sites for hydroxylation is 1. The van der Waals surface area contributed by atoms with Crippen LogP contribution in [0.3, 0.4) is 0 Å². The highest BCUT2D eigenvalue weighted by molar-refractivity contribution is 7.92. The average Bonchev–Trinajstić information content (AvgIpc) is 2.90. The van der Waals surface area contributed by atoms with Gasteiger partial charge in [-0.1, -0.05) is 66.5 Å². The Morgan fingerprint density at radius 2 is 1.64 bits per heavy atom. The van der Waals surface area contributed by atoms with E-state index in [1.165, 1.54) is 17.0 Å². The first-order valence-corrected chi connectivity index (χ1v) is 14.9. The minimum absolute atomic E-state index is 0.00347. The molecule has 0 unspecified atom stereocenters. The molecule has 0 fully saturated rings. The summed E-state index contributed by atoms with van der Waals surface area (Å²) in [6, 6.07) is 17.4. The Morgan fingerprint density at radius 3 is 2.26 bits per heavy atom. The number of carbonyl (C=O) groups excluding carboxylic acids is 2. The molecule has 0 saturated heterocycles. The maximum absolute atomic E-state index is 14.1. The molecule has 3 aromatic carbocycles. The number of sulfonamides is 1. The first-order chi connectivity index (χ1) is 18.5. The van der Waals surface area contributed by atoms with E-state index in [4.69, 9.17) is 23.2 Å². The molecular formula is C29H33Cl2N3O4S. The van der Waals surface area contributed by atoms with Crippen molar-refractivity contribution >= 4 is 50.7 Å². The van der Waals surface area contributed by atoms with Crippen LogP contribution < -0.4 is 9.62 Å². The van der Waals surface area contributed by atoms with Crippen LogP contribution in [-0.2, 0) is 26.2 Å². The minimum Gasteiger partial charge on any atom is -0.355 e. The Balaban J connectivity index is 2.11. The topological polar surface area (TPSA) is 86.8 Å². The standard InChI is InChI=1S/C29H33Cl2N3O4S/c1-5-26(29(36)32-6-2)33(18-22-15-16-23(30)17-25(22)31)28(35)19-34(27-14-10-11-20(3)21(27)4)39(37,38)24-12-8-7-9-13-24/h7-17,26H,5-6,18-19H2,1-4H3,(H,32,36)/t26-/m0/s1. The summed E-state index contributed by atoms with van der Waals surface area (Å²) in [7, 11) is -4.13. The molecule has 0 heterocycles. The second kappa shape index (κ2) is 13.3. The number of benzene rings is 3. The molecule has 0 bridgehead atoms. The number of amides is 2. The summed E-state index contributed by atoms with van der Waals surface area (Å²) in [4.78, 5) is 28.5. The molecule has 1 atom stereocenters. The molecule has 3 aromatic rings. The van der Waals surface area contributed by atoms with Gasteiger partial charge < -0.3 is 10.2 Å². The normalized spacial score (nSPS) is 12.1. The fraction of sp³-hybridized carbons (Fsp3) is 0.310. The number of likely N-dealkylation sites (N-methyl/N-ethyl adjacent to an activating group) is 1. The first kappa shape index (κ1) is 30.5. The molecule has 0 aliphatic rings. The SMILES string of the molecule is CCNC(=O)[C@H](CC)N(Cc1ccc(Cl)cc1Cl)C(=O)CN(c1cccc(C)c1C)S(=O)(=O)c1ccccc1. The number of anilines is 1. The summed E-state index contributed by atoms with van der Waals surface area (Å²) < 4.78 is 29.0. The number of nitrogens with one attached hydrogen (secondary N) is 1. The number of carbonyl (C=O) groups is 2. The molecule has 7 nitrogen and oxygen atoms in total. The monoisotopic (exact) mass is 589 g/mol. The molecular weight excluding hydrogens is 557 g/mol. The second-order valence-corrected chi connectivity index (χ2v) is 11.8. The first-order valence-electron chi connectivity index (χ1n) is 12.7. The summed E-state index contributed by atoms with van der Waals surface area (Å²) >= 11 is 12.5. The molecule has 0 aliphatic heterocycles. The Labute approximate surface area is 240 Å². The van der Waals surface area contributed by atoms with E-state index in [2.05, 4.69) is 5.32 Å². The number of nitrogens with zero attached hydrogens (tertiary/aromatic N) is 2. The lowest BCUT2D eigenvalue weighted by molar-refractivity contribution is -0.140. The average molecular weight is 591 g/mol. The predicted molar refractivity (Wildman–Crippen MR) is 157 cm³/mol. The van der Waals surface area contributed by atoms with Gasteiger partial charge in [0.15, 0.2) is 0 Å². The predicted octanol–water partition coefficient (Wildman–Crippen LogP) is 5.75. The third-order valence-electron chi connectivity index (χ3n) is 6.55. The molecule has 0 aromatic heterocycles. The van der Waals surface area contributed by atoms with Crippen LogP contribution in [0.4, 0.5) is 5.69 Å². The van der Waals surface area contributed by atoms with Crippen LogP contribution in [0.25, 0.3) is 0 Å². The van der Waals surface area contributed by atoms with Gasteiger partial charge >= 0.3 is 0 Å². The second-order valence-electron chi connectivity index (χ2n) is 9.12. The van der Waals surface area contributed by atoms with Crippen LogP contribution >= 0.6 is 23.2 Å². The summed E-state index contributed by atoms with van der Waals surface area (Å²) in [6.07, 6.45) is 0.317. The minimum atomic E-state index is -4.13. The van der Waals surface area contributed by atoms with E-state index >= 15 is 0 Å². The highest BCUT2D eigenvalue weighted by atomic mass is 35.5. The number of halogens is 2. The van der Waals surface area contributed by atoms with Gasteiger partial charge in [0.2, 0.25) is 11.8 Å². The van der Waals surface area contributed by atoms with Gasteiger partial charge in [0.1, 0.15) is 12.6 Å². The smallest absolute Gasteiger partial charge is 0.264 e. The number of hydrogen-bond acceptors (Lipinski definition) is 4. The maximum Gasteiger partial charge on any atom is 0.264 e. The maximum atomic E-state index is 14.1. The summed E-state index contributed by atoms with van der Waals surface area (Å²) in [5.41, 5.74) is 2.59. The summed E-state index contributed by atoms with van der Waals surface area (Å²) in [5, 5.41) is 3.56. The molecule has 0 radical (unpaired) electrons. The number of hydrogen-bond donors (Lipinski definition) is 1. The van der Waals surface area contributed by atoms with Crippen LogP contribution in [0.1, 0.15) is 37.0 Å². The zero-order chi connectivity index (χ0) is 28.7. The van der Waals surface area contributed by atoms with Gasteiger partial charge in [0.25, 0.3) is 10.0 Å². The Morgan fingerprint density at radius 1 is 0.949 bits per heavy atom. The van der Waals surface area contributed by atoms with Crippen molar-refractivity contribution in [3.63, 3.8) is 0 Å². The van der Waals surface area contributed by atoms with Crippen molar-refractivity contribution in [2.24, 2.45) is 0 Å². The van der Waals surface area contributed by atoms with Crippen molar-refractivity contribution in [1.82, 2.24) is 10.2 Å². The van der Waals surface area contributed by atoms with Crippen molar-refractivity contribution in [2.45, 2.75) is 51.6 Å². The van der Waals surface area contributed by atoms with E-state index in [1.54, 1.807) is 62.4 Å². The largest absolute Gasteiger partial charge is 0.355 e. The third-order valence-corrected chi connectivity index (χ3v) is 8.91. The molecule has 0 spiro atoms. The van der Waals surface area contributed by atoms with E-state index in [1.807, 2.05) is 19.9 Å². The van der Waals surface area contributed by atoms with E-state index in [9.17, 15) is 18.0 Å². The van der Waals surface area contributed by atoms with Crippen LogP contribution in [0.15, 0.2) is 71.6 Å². The molecule has 39 heavy (non-hydrogen) atoms. The van der Waals surface area contributed by atoms with Crippen molar-refractivity contribution in [3.8, 4) is 0 Å². The Hall–Kier alpha value is -3.07. The van der Waals surface area contributed by atoms with Crippen LogP contribution in [-0.4, -0.2) is 44.3 Å². The fourth-order valence-corrected chi connectivity index (χ4v) is 6.24. The van der Waals surface area contributed by atoms with E-state index in [0.29, 0.717) is 34.3 Å². The van der Waals surface area contributed by atoms with Crippen molar-refractivity contribution in [3.05, 3.63) is 93.5 Å². The quantitative estimate of drug-likeness (QED) is 0.308. The molecule has 3 rings (SSSR count). The van der Waals surface area contributed by atoms with Gasteiger partial charge in [-0.3, -0.25) is 13.9 Å². The highest BCUT2D eigenvalue weighted by Crippen LogP contribution is 2.30. The Kier molecular flexibility index (Phi) is 10.4. The number of rotatable bonds is 11. The Bertz CT molecular complexity index is 1430. The molecule has 0 aliphatic carbocycles. The zero-order valence-electron chi connectivity index (χ0n) is 22.4. The van der Waals surface area contributed by atoms with Crippen LogP contribution in [0.2, 0.25) is 10.0 Å². The lowest BCUT2D eigenvalue weighted by Crippen LogP contribution is -2.52. The molecule has 208 valence electrons. The lowest BCUT2D eigenvalue weighted by Gasteiger charge is -2.33. The molecule has 2 amide bonds. The van der Waals surface area contributed by atoms with Crippen molar-refractivity contribution in [1.29, 1.82) is 0 Å². The van der Waals surface area contributed by atoms with E-state index < -0.39 is 28.5 Å². The summed E-state index contributed by atoms with van der Waals surface area (Å²) in [5.74, 6) is -0.873. The van der Waals surface area contributed by atoms with Crippen molar-refractivity contribution in [2.75, 3.05) is 17.4 Å². The fourth-order valence-electron chi connectivity index (χ4n) is 4.28. The van der Waals surface area contributed by atoms with E-state index in [0.717, 1.165) is 15.4 Å². The van der Waals surface area contributed by atoms with Gasteiger partial charge in [-0.25, -0.2) is 8.42 Å². The highest BCUT2D eigenvalue weighted by Gasteiger charge is 2.34. The zero-order valence-corrected chi connectivity index (χ0v) is 24.8. The van der Waals surface area contributed by atoms with Gasteiger partial charge in [-0.15, -0.1) is 0 Å².